The second kappa shape index (κ2) is 13.5. The number of nitrogens with one attached hydrogen (secondary N) is 1. The molecule has 2 aliphatic heterocycles. The van der Waals surface area contributed by atoms with Crippen LogP contribution in [-0.4, -0.2) is 59.8 Å². The van der Waals surface area contributed by atoms with Crippen LogP contribution in [0.4, 0.5) is 10.8 Å². The predicted octanol–water partition coefficient (Wildman–Crippen LogP) is 5.22. The molecule has 1 atom stereocenters. The van der Waals surface area contributed by atoms with E-state index >= 15 is 0 Å². The molecule has 0 bridgehead atoms. The lowest BCUT2D eigenvalue weighted by molar-refractivity contribution is -0.122. The fourth-order valence-electron chi connectivity index (χ4n) is 4.97. The van der Waals surface area contributed by atoms with Crippen LogP contribution in [0, 0.1) is 5.92 Å². The molecule has 2 fully saturated rings. The first-order valence-corrected chi connectivity index (χ1v) is 14.2. The van der Waals surface area contributed by atoms with E-state index in [9.17, 15) is 9.59 Å². The smallest absolute Gasteiger partial charge is 0.231 e. The van der Waals surface area contributed by atoms with Gasteiger partial charge in [0, 0.05) is 55.9 Å². The zero-order valence-electron chi connectivity index (χ0n) is 21.4. The zero-order chi connectivity index (χ0) is 26.5. The van der Waals surface area contributed by atoms with Crippen molar-refractivity contribution in [3.63, 3.8) is 0 Å². The van der Waals surface area contributed by atoms with Crippen molar-refractivity contribution in [2.45, 2.75) is 52.1 Å². The van der Waals surface area contributed by atoms with E-state index in [1.165, 1.54) is 22.5 Å². The number of nitrogens with zero attached hydrogens (tertiary/aromatic N) is 4. The van der Waals surface area contributed by atoms with Crippen LogP contribution in [0.1, 0.15) is 42.8 Å². The first kappa shape index (κ1) is 29.1. The Morgan fingerprint density at radius 3 is 2.49 bits per heavy atom. The van der Waals surface area contributed by atoms with E-state index in [1.807, 2.05) is 36.4 Å². The first-order valence-electron chi connectivity index (χ1n) is 13.0. The van der Waals surface area contributed by atoms with Crippen molar-refractivity contribution in [3.8, 4) is 0 Å². The Bertz CT molecular complexity index is 1240. The van der Waals surface area contributed by atoms with Gasteiger partial charge in [0.1, 0.15) is 5.01 Å². The molecule has 0 radical (unpaired) electrons. The van der Waals surface area contributed by atoms with Gasteiger partial charge in [-0.15, -0.1) is 10.2 Å². The van der Waals surface area contributed by atoms with E-state index in [-0.39, 0.29) is 25.7 Å². The van der Waals surface area contributed by atoms with E-state index in [4.69, 9.17) is 16.3 Å². The number of aryl methyl sites for hydroxylation is 2. The van der Waals surface area contributed by atoms with Gasteiger partial charge in [-0.05, 0) is 61.7 Å². The molecule has 208 valence electrons. The summed E-state index contributed by atoms with van der Waals surface area (Å²) in [5.74, 6) is -0.669. The van der Waals surface area contributed by atoms with E-state index < -0.39 is 5.92 Å². The highest BCUT2D eigenvalue weighted by molar-refractivity contribution is 7.15. The Hall–Kier alpha value is -2.85. The lowest BCUT2D eigenvalue weighted by Gasteiger charge is -2.31. The summed E-state index contributed by atoms with van der Waals surface area (Å²) in [5, 5.41) is 13.2. The third-order valence-corrected chi connectivity index (χ3v) is 8.38. The van der Waals surface area contributed by atoms with Crippen molar-refractivity contribution in [2.24, 2.45) is 5.92 Å². The molecular formula is C29H36ClN5O3S. The maximum atomic E-state index is 12.9. The van der Waals surface area contributed by atoms with E-state index in [0.717, 1.165) is 56.1 Å². The second-order valence-corrected chi connectivity index (χ2v) is 11.4. The van der Waals surface area contributed by atoms with Gasteiger partial charge in [0.15, 0.2) is 0 Å². The fraction of sp³-hybridized carbons (Fsp3) is 0.448. The molecule has 3 aromatic rings. The van der Waals surface area contributed by atoms with Crippen LogP contribution >= 0.6 is 22.9 Å². The van der Waals surface area contributed by atoms with Gasteiger partial charge in [-0.2, -0.15) is 0 Å². The minimum atomic E-state index is -0.428. The Balaban J connectivity index is 0.00000353. The van der Waals surface area contributed by atoms with Crippen molar-refractivity contribution in [3.05, 3.63) is 69.7 Å². The number of ether oxygens (including phenoxy) is 1. The highest BCUT2D eigenvalue weighted by Gasteiger charge is 2.35. The van der Waals surface area contributed by atoms with Crippen molar-refractivity contribution in [1.29, 1.82) is 0 Å². The number of aromatic nitrogens is 2. The topological polar surface area (TPSA) is 87.7 Å². The lowest BCUT2D eigenvalue weighted by atomic mass is 10.1. The number of rotatable bonds is 9. The van der Waals surface area contributed by atoms with Crippen molar-refractivity contribution in [1.82, 2.24) is 15.1 Å². The van der Waals surface area contributed by atoms with Gasteiger partial charge in [-0.25, -0.2) is 0 Å². The molecule has 2 saturated heterocycles. The number of benzene rings is 2. The van der Waals surface area contributed by atoms with E-state index in [2.05, 4.69) is 39.6 Å². The summed E-state index contributed by atoms with van der Waals surface area (Å²) in [4.78, 5) is 29.7. The molecule has 0 aliphatic carbocycles. The quantitative estimate of drug-likeness (QED) is 0.380. The third-order valence-electron chi connectivity index (χ3n) is 7.23. The normalized spacial score (nSPS) is 17.9. The summed E-state index contributed by atoms with van der Waals surface area (Å²) < 4.78 is 5.47. The molecule has 2 aromatic carbocycles. The Kier molecular flexibility index (Phi) is 10.1. The first-order chi connectivity index (χ1) is 18.4. The molecule has 0 spiro atoms. The minimum Gasteiger partial charge on any atom is -0.381 e. The molecule has 0 saturated carbocycles. The molecular weight excluding hydrogens is 534 g/mol. The lowest BCUT2D eigenvalue weighted by Crippen LogP contribution is -2.36. The molecule has 1 N–H and O–H groups in total. The summed E-state index contributed by atoms with van der Waals surface area (Å²) in [5.41, 5.74) is 3.19. The molecule has 5 rings (SSSR count). The highest BCUT2D eigenvalue weighted by atomic mass is 35.5. The van der Waals surface area contributed by atoms with Gasteiger partial charge in [-0.1, -0.05) is 54.6 Å². The maximum Gasteiger partial charge on any atom is 0.231 e. The van der Waals surface area contributed by atoms with Gasteiger partial charge in [0.2, 0.25) is 16.9 Å². The van der Waals surface area contributed by atoms with Crippen molar-refractivity contribution >= 4 is 45.6 Å². The monoisotopic (exact) mass is 569 g/mol. The standard InChI is InChI=1S/C28H32ClN5O3S.CH4/c1-33(23-12-14-37-15-13-23)17-20-4-9-24(10-5-20)34-18-21(16-26(34)35)27(36)30-28-32-31-25(38-28)11-6-19-2-7-22(29)8-3-19;/h2-5,7-10,21,23H,6,11-18H2,1H3,(H,30,32,36);1H4/t21-;/m0./s1. The summed E-state index contributed by atoms with van der Waals surface area (Å²) in [6, 6.07) is 16.4. The largest absolute Gasteiger partial charge is 0.381 e. The summed E-state index contributed by atoms with van der Waals surface area (Å²) >= 11 is 7.31. The highest BCUT2D eigenvalue weighted by Crippen LogP contribution is 2.28. The molecule has 0 unspecified atom stereocenters. The number of hydrogen-bond acceptors (Lipinski definition) is 7. The SMILES string of the molecule is C.CN(Cc1ccc(N2C[C@@H](C(=O)Nc3nnc(CCc4ccc(Cl)cc4)s3)CC2=O)cc1)C1CCOCC1. The van der Waals surface area contributed by atoms with Crippen LogP contribution in [0.15, 0.2) is 48.5 Å². The summed E-state index contributed by atoms with van der Waals surface area (Å²) in [7, 11) is 2.15. The van der Waals surface area contributed by atoms with Gasteiger partial charge in [-0.3, -0.25) is 14.5 Å². The average Bonchev–Trinajstić information content (AvgIpc) is 3.55. The van der Waals surface area contributed by atoms with Crippen LogP contribution in [0.3, 0.4) is 0 Å². The van der Waals surface area contributed by atoms with Crippen molar-refractivity contribution in [2.75, 3.05) is 37.0 Å². The van der Waals surface area contributed by atoms with Crippen LogP contribution in [0.2, 0.25) is 5.02 Å². The average molecular weight is 570 g/mol. The summed E-state index contributed by atoms with van der Waals surface area (Å²) in [6.07, 6.45) is 3.84. The molecule has 10 heteroatoms. The van der Waals surface area contributed by atoms with E-state index in [1.54, 1.807) is 4.90 Å². The number of anilines is 2. The molecule has 1 aromatic heterocycles. The number of carbonyl (C=O) groups is 2. The molecule has 2 aliphatic rings. The molecule has 39 heavy (non-hydrogen) atoms. The van der Waals surface area contributed by atoms with Crippen molar-refractivity contribution < 1.29 is 14.3 Å². The van der Waals surface area contributed by atoms with Gasteiger partial charge < -0.3 is 15.0 Å². The number of amides is 2. The van der Waals surface area contributed by atoms with Crippen LogP contribution in [0.25, 0.3) is 0 Å². The Morgan fingerprint density at radius 1 is 1.08 bits per heavy atom. The fourth-order valence-corrected chi connectivity index (χ4v) is 5.84. The van der Waals surface area contributed by atoms with E-state index in [0.29, 0.717) is 22.7 Å². The molecule has 2 amide bonds. The maximum absolute atomic E-state index is 12.9. The molecule has 8 nitrogen and oxygen atoms in total. The van der Waals surface area contributed by atoms with Gasteiger partial charge >= 0.3 is 0 Å². The third kappa shape index (κ3) is 7.63. The van der Waals surface area contributed by atoms with Gasteiger partial charge in [0.05, 0.1) is 5.92 Å². The summed E-state index contributed by atoms with van der Waals surface area (Å²) in [6.45, 7) is 2.86. The van der Waals surface area contributed by atoms with Crippen LogP contribution in [0.5, 0.6) is 0 Å². The Labute approximate surface area is 239 Å². The molecule has 3 heterocycles. The van der Waals surface area contributed by atoms with Crippen LogP contribution in [-0.2, 0) is 33.7 Å². The zero-order valence-corrected chi connectivity index (χ0v) is 23.0. The number of carbonyl (C=O) groups excluding carboxylic acids is 2. The van der Waals surface area contributed by atoms with Gasteiger partial charge in [0.25, 0.3) is 0 Å². The Morgan fingerprint density at radius 2 is 1.77 bits per heavy atom. The number of halogens is 1. The number of hydrogen-bond donors (Lipinski definition) is 1. The van der Waals surface area contributed by atoms with Crippen LogP contribution < -0.4 is 10.2 Å². The second-order valence-electron chi connectivity index (χ2n) is 9.95. The predicted molar refractivity (Wildman–Crippen MR) is 156 cm³/mol. The minimum absolute atomic E-state index is 0.